The molecule has 0 atom stereocenters. The maximum atomic E-state index is 13.5. The van der Waals surface area contributed by atoms with E-state index >= 15 is 0 Å². The number of piperidine rings is 1. The lowest BCUT2D eigenvalue weighted by Crippen LogP contribution is -3.00. The molecule has 29 heavy (non-hydrogen) atoms. The van der Waals surface area contributed by atoms with Gasteiger partial charge in [0.25, 0.3) is 5.91 Å². The molecule has 3 aromatic rings. The number of halogens is 1. The van der Waals surface area contributed by atoms with Crippen molar-refractivity contribution >= 4 is 29.1 Å². The highest BCUT2D eigenvalue weighted by Crippen LogP contribution is 2.55. The van der Waals surface area contributed by atoms with Crippen molar-refractivity contribution < 1.29 is 28.8 Å². The Hall–Kier alpha value is -1.71. The van der Waals surface area contributed by atoms with Crippen LogP contribution < -0.4 is 39.9 Å². The monoisotopic (exact) mass is 515 g/mol. The predicted molar refractivity (Wildman–Crippen MR) is 120 cm³/mol. The summed E-state index contributed by atoms with van der Waals surface area (Å²) >= 11 is 0. The molecule has 0 N–H and O–H groups in total. The lowest BCUT2D eigenvalue weighted by atomic mass is 10.1. The Balaban J connectivity index is 0.00000240. The normalized spacial score (nSPS) is 14.1. The maximum Gasteiger partial charge on any atom is 0.261 e. The lowest BCUT2D eigenvalue weighted by molar-refractivity contribution is -0.129. The van der Waals surface area contributed by atoms with Gasteiger partial charge < -0.3 is 28.9 Å². The van der Waals surface area contributed by atoms with Crippen LogP contribution in [0.2, 0.25) is 0 Å². The third-order valence-electron chi connectivity index (χ3n) is 5.67. The molecule has 1 aliphatic heterocycles. The molecule has 0 bridgehead atoms. The van der Waals surface area contributed by atoms with Gasteiger partial charge in [0.2, 0.25) is 0 Å². The molecule has 0 spiro atoms. The van der Waals surface area contributed by atoms with Crippen LogP contribution in [0, 0.1) is 0 Å². The summed E-state index contributed by atoms with van der Waals surface area (Å²) in [4.78, 5) is 15.6. The van der Waals surface area contributed by atoms with E-state index in [-0.39, 0.29) is 24.0 Å². The van der Waals surface area contributed by atoms with Gasteiger partial charge in [-0.25, -0.2) is 0 Å². The van der Waals surface area contributed by atoms with Crippen molar-refractivity contribution in [2.45, 2.75) is 19.3 Å². The second-order valence-electron chi connectivity index (χ2n) is 7.42. The van der Waals surface area contributed by atoms with Crippen molar-refractivity contribution in [1.29, 1.82) is 0 Å². The molecule has 0 radical (unpaired) electrons. The number of likely N-dealkylation sites (tertiary alicyclic amines) is 1. The van der Waals surface area contributed by atoms with E-state index < -0.39 is 7.26 Å². The number of hydrogen-bond donors (Lipinski definition) is 0. The molecule has 150 valence electrons. The van der Waals surface area contributed by atoms with Crippen LogP contribution in [0.4, 0.5) is 0 Å². The summed E-state index contributed by atoms with van der Waals surface area (Å²) in [6, 6.07) is 32.0. The fourth-order valence-electron chi connectivity index (χ4n) is 4.21. The molecule has 1 saturated heterocycles. The smallest absolute Gasteiger partial charge is 0.261 e. The Morgan fingerprint density at radius 2 is 1.03 bits per heavy atom. The van der Waals surface area contributed by atoms with Gasteiger partial charge in [-0.3, -0.25) is 4.79 Å². The number of rotatable bonds is 5. The van der Waals surface area contributed by atoms with E-state index in [2.05, 4.69) is 95.9 Å². The van der Waals surface area contributed by atoms with Crippen LogP contribution in [0.15, 0.2) is 91.0 Å². The van der Waals surface area contributed by atoms with Crippen molar-refractivity contribution in [1.82, 2.24) is 4.90 Å². The highest BCUT2D eigenvalue weighted by Gasteiger charge is 2.48. The molecule has 1 amide bonds. The second kappa shape index (κ2) is 10.4. The van der Waals surface area contributed by atoms with Gasteiger partial charge >= 0.3 is 0 Å². The minimum atomic E-state index is -2.07. The standard InChI is InChI=1S/C25H27NOP.HI/c27-25(26-19-11-4-12-20-26)21-28(22-13-5-1-6-14-22,23-15-7-2-8-16-23)24-17-9-3-10-18-24;/h1-3,5-10,13-18H,4,11-12,19-21H2;1H/q+1;/p-1. The van der Waals surface area contributed by atoms with Gasteiger partial charge in [-0.15, -0.1) is 0 Å². The fraction of sp³-hybridized carbons (Fsp3) is 0.240. The summed E-state index contributed by atoms with van der Waals surface area (Å²) in [5.41, 5.74) is 0. The number of amides is 1. The molecular formula is C25H27INOP. The summed E-state index contributed by atoms with van der Waals surface area (Å²) in [5, 5.41) is 3.83. The Kier molecular flexibility index (Phi) is 7.85. The zero-order valence-corrected chi connectivity index (χ0v) is 19.6. The van der Waals surface area contributed by atoms with Crippen LogP contribution in [-0.4, -0.2) is 30.1 Å². The van der Waals surface area contributed by atoms with Crippen molar-refractivity contribution in [3.8, 4) is 0 Å². The molecule has 4 heteroatoms. The SMILES string of the molecule is O=C(C[P+](c1ccccc1)(c1ccccc1)c1ccccc1)N1CCCCC1.[I-]. The van der Waals surface area contributed by atoms with E-state index in [4.69, 9.17) is 0 Å². The van der Waals surface area contributed by atoms with E-state index in [1.165, 1.54) is 22.3 Å². The molecule has 1 aliphatic rings. The van der Waals surface area contributed by atoms with Crippen LogP contribution in [-0.2, 0) is 4.79 Å². The van der Waals surface area contributed by atoms with Crippen LogP contribution in [0.1, 0.15) is 19.3 Å². The molecule has 1 fully saturated rings. The molecule has 0 aliphatic carbocycles. The lowest BCUT2D eigenvalue weighted by Gasteiger charge is -2.31. The van der Waals surface area contributed by atoms with Crippen molar-refractivity contribution in [2.75, 3.05) is 19.3 Å². The Labute approximate surface area is 191 Å². The zero-order valence-electron chi connectivity index (χ0n) is 16.6. The van der Waals surface area contributed by atoms with Gasteiger partial charge in [0.1, 0.15) is 23.2 Å². The number of carbonyl (C=O) groups is 1. The molecule has 1 heterocycles. The molecule has 3 aromatic carbocycles. The Morgan fingerprint density at radius 1 is 0.655 bits per heavy atom. The van der Waals surface area contributed by atoms with Crippen LogP contribution in [0.25, 0.3) is 0 Å². The van der Waals surface area contributed by atoms with E-state index in [1.807, 2.05) is 0 Å². The highest BCUT2D eigenvalue weighted by atomic mass is 127. The molecule has 0 unspecified atom stereocenters. The van der Waals surface area contributed by atoms with Crippen molar-refractivity contribution in [3.63, 3.8) is 0 Å². The van der Waals surface area contributed by atoms with Gasteiger partial charge in [-0.1, -0.05) is 54.6 Å². The summed E-state index contributed by atoms with van der Waals surface area (Å²) in [7, 11) is -2.07. The first kappa shape index (κ1) is 22.0. The first-order valence-electron chi connectivity index (χ1n) is 10.1. The minimum Gasteiger partial charge on any atom is -1.00 e. The zero-order chi connectivity index (χ0) is 19.2. The number of nitrogens with zero attached hydrogens (tertiary/aromatic N) is 1. The van der Waals surface area contributed by atoms with Crippen molar-refractivity contribution in [3.05, 3.63) is 91.0 Å². The Morgan fingerprint density at radius 3 is 1.41 bits per heavy atom. The minimum absolute atomic E-state index is 0. The second-order valence-corrected chi connectivity index (χ2v) is 10.9. The summed E-state index contributed by atoms with van der Waals surface area (Å²) < 4.78 is 0. The molecular weight excluding hydrogens is 488 g/mol. The van der Waals surface area contributed by atoms with Crippen molar-refractivity contribution in [2.24, 2.45) is 0 Å². The molecule has 0 aromatic heterocycles. The molecule has 4 rings (SSSR count). The number of benzene rings is 3. The van der Waals surface area contributed by atoms with Gasteiger partial charge in [0.05, 0.1) is 0 Å². The average molecular weight is 515 g/mol. The summed E-state index contributed by atoms with van der Waals surface area (Å²) in [6.45, 7) is 1.80. The van der Waals surface area contributed by atoms with Gasteiger partial charge in [-0.2, -0.15) is 0 Å². The third-order valence-corrected chi connectivity index (χ3v) is 9.96. The molecule has 2 nitrogen and oxygen atoms in total. The number of carbonyl (C=O) groups excluding carboxylic acids is 1. The first-order valence-corrected chi connectivity index (χ1v) is 12.1. The van der Waals surface area contributed by atoms with E-state index in [9.17, 15) is 4.79 Å². The maximum absolute atomic E-state index is 13.5. The van der Waals surface area contributed by atoms with E-state index in [1.54, 1.807) is 0 Å². The first-order chi connectivity index (χ1) is 13.8. The van der Waals surface area contributed by atoms with Gasteiger partial charge in [0.15, 0.2) is 6.16 Å². The van der Waals surface area contributed by atoms with Crippen LogP contribution in [0.3, 0.4) is 0 Å². The molecule has 0 saturated carbocycles. The quantitative estimate of drug-likeness (QED) is 0.367. The third kappa shape index (κ3) is 4.73. The van der Waals surface area contributed by atoms with Gasteiger partial charge in [-0.05, 0) is 55.7 Å². The fourth-order valence-corrected chi connectivity index (χ4v) is 8.31. The van der Waals surface area contributed by atoms with Gasteiger partial charge in [0, 0.05) is 13.1 Å². The predicted octanol–water partition coefficient (Wildman–Crippen LogP) is 0.997. The summed E-state index contributed by atoms with van der Waals surface area (Å²) in [6.07, 6.45) is 4.05. The van der Waals surface area contributed by atoms with E-state index in [0.717, 1.165) is 25.9 Å². The largest absolute Gasteiger partial charge is 1.00 e. The highest BCUT2D eigenvalue weighted by molar-refractivity contribution is 7.96. The van der Waals surface area contributed by atoms with Crippen LogP contribution >= 0.6 is 7.26 Å². The Bertz CT molecular complexity index is 799. The topological polar surface area (TPSA) is 20.3 Å². The van der Waals surface area contributed by atoms with Crippen LogP contribution in [0.5, 0.6) is 0 Å². The summed E-state index contributed by atoms with van der Waals surface area (Å²) in [5.74, 6) is 0.296. The average Bonchev–Trinajstić information content (AvgIpc) is 2.80. The van der Waals surface area contributed by atoms with E-state index in [0.29, 0.717) is 12.1 Å². The number of hydrogen-bond acceptors (Lipinski definition) is 1.